The number of nitrogens with zero attached hydrogens (tertiary/aromatic N) is 3. The number of carbonyl (C=O) groups is 1. The molecular weight excluding hydrogens is 561 g/mol. The normalized spacial score (nSPS) is 19.2. The van der Waals surface area contributed by atoms with Gasteiger partial charge in [0.15, 0.2) is 11.5 Å². The largest absolute Gasteiger partial charge is 0.478 e. The van der Waals surface area contributed by atoms with E-state index < -0.39 is 17.6 Å². The lowest BCUT2D eigenvalue weighted by Gasteiger charge is -2.27. The van der Waals surface area contributed by atoms with E-state index in [2.05, 4.69) is 0 Å². The van der Waals surface area contributed by atoms with E-state index in [1.54, 1.807) is 49.5 Å². The van der Waals surface area contributed by atoms with Crippen molar-refractivity contribution in [2.45, 2.75) is 38.2 Å². The zero-order chi connectivity index (χ0) is 29.0. The van der Waals surface area contributed by atoms with Crippen LogP contribution in [0.2, 0.25) is 5.02 Å². The van der Waals surface area contributed by atoms with Crippen molar-refractivity contribution >= 4 is 28.6 Å². The number of carboxylic acid groups (broad SMARTS) is 1. The number of pyridine rings is 1. The summed E-state index contributed by atoms with van der Waals surface area (Å²) in [5.41, 5.74) is 4.30. The first kappa shape index (κ1) is 26.4. The number of halogens is 2. The molecule has 2 aliphatic heterocycles. The fourth-order valence-electron chi connectivity index (χ4n) is 5.45. The van der Waals surface area contributed by atoms with Crippen LogP contribution in [0.25, 0.3) is 22.2 Å². The van der Waals surface area contributed by atoms with Crippen LogP contribution in [0.15, 0.2) is 72.9 Å². The van der Waals surface area contributed by atoms with E-state index in [0.717, 1.165) is 46.7 Å². The van der Waals surface area contributed by atoms with Crippen molar-refractivity contribution in [2.24, 2.45) is 0 Å². The van der Waals surface area contributed by atoms with Gasteiger partial charge in [-0.05, 0) is 55.0 Å². The first-order valence-electron chi connectivity index (χ1n) is 13.5. The standard InChI is InChI=1S/C32H25ClFN3O5/c1-32(24-9-7-20(33)14-25(24)34)41-28-4-2-3-23(30(28)42-32)19-5-8-21(35-16-19)15-29-36-26-10-6-18(31(38)39)13-27(26)37(29)17-22-11-12-40-22/h2-10,13-14,16,22H,11-12,15,17H2,1H3,(H,38,39)/t22-,32-/m0/s1. The van der Waals surface area contributed by atoms with Crippen LogP contribution in [-0.2, 0) is 23.5 Å². The number of fused-ring (bicyclic) bond motifs is 2. The maximum atomic E-state index is 14.8. The number of hydrogen-bond donors (Lipinski definition) is 1. The second-order valence-corrected chi connectivity index (χ2v) is 11.0. The van der Waals surface area contributed by atoms with Crippen molar-refractivity contribution in [1.82, 2.24) is 14.5 Å². The molecule has 42 heavy (non-hydrogen) atoms. The average molecular weight is 586 g/mol. The molecule has 0 bridgehead atoms. The molecule has 5 aromatic rings. The Balaban J connectivity index is 1.17. The van der Waals surface area contributed by atoms with Crippen LogP contribution in [0.1, 0.15) is 40.8 Å². The summed E-state index contributed by atoms with van der Waals surface area (Å²) in [7, 11) is 0. The Morgan fingerprint density at radius 2 is 2.00 bits per heavy atom. The van der Waals surface area contributed by atoms with Crippen LogP contribution < -0.4 is 9.47 Å². The third-order valence-electron chi connectivity index (χ3n) is 7.73. The van der Waals surface area contributed by atoms with Gasteiger partial charge < -0.3 is 23.9 Å². The smallest absolute Gasteiger partial charge is 0.335 e. The van der Waals surface area contributed by atoms with Crippen LogP contribution in [0, 0.1) is 5.82 Å². The summed E-state index contributed by atoms with van der Waals surface area (Å²) in [6.07, 6.45) is 3.23. The van der Waals surface area contributed by atoms with Crippen LogP contribution in [-0.4, -0.2) is 38.3 Å². The Labute approximate surface area is 245 Å². The highest BCUT2D eigenvalue weighted by molar-refractivity contribution is 6.30. The highest BCUT2D eigenvalue weighted by atomic mass is 35.5. The van der Waals surface area contributed by atoms with E-state index in [4.69, 9.17) is 35.8 Å². The third-order valence-corrected chi connectivity index (χ3v) is 7.96. The van der Waals surface area contributed by atoms with Gasteiger partial charge in [-0.2, -0.15) is 0 Å². The molecule has 0 unspecified atom stereocenters. The molecule has 10 heteroatoms. The molecule has 4 heterocycles. The summed E-state index contributed by atoms with van der Waals surface area (Å²) in [5, 5.41) is 9.79. The number of para-hydroxylation sites is 1. The molecule has 0 amide bonds. The topological polar surface area (TPSA) is 95.7 Å². The molecule has 3 aromatic carbocycles. The minimum absolute atomic E-state index is 0.0689. The Bertz CT molecular complexity index is 1850. The summed E-state index contributed by atoms with van der Waals surface area (Å²) in [6, 6.07) is 18.8. The molecule has 2 aliphatic rings. The highest BCUT2D eigenvalue weighted by Gasteiger charge is 2.42. The van der Waals surface area contributed by atoms with E-state index in [1.165, 1.54) is 6.07 Å². The fraction of sp³-hybridized carbons (Fsp3) is 0.219. The zero-order valence-electron chi connectivity index (χ0n) is 22.5. The predicted molar refractivity (Wildman–Crippen MR) is 154 cm³/mol. The minimum atomic E-state index is -1.36. The monoisotopic (exact) mass is 585 g/mol. The van der Waals surface area contributed by atoms with Crippen molar-refractivity contribution in [3.05, 3.63) is 106 Å². The number of aromatic carboxylic acids is 1. The number of aromatic nitrogens is 3. The Morgan fingerprint density at radius 1 is 1.14 bits per heavy atom. The van der Waals surface area contributed by atoms with Crippen LogP contribution in [0.4, 0.5) is 4.39 Å². The second kappa shape index (κ2) is 10.1. The summed E-state index contributed by atoms with van der Waals surface area (Å²) in [5.74, 6) is -1.07. The molecule has 212 valence electrons. The van der Waals surface area contributed by atoms with Crippen molar-refractivity contribution in [3.8, 4) is 22.6 Å². The van der Waals surface area contributed by atoms with Crippen LogP contribution in [0.5, 0.6) is 11.5 Å². The molecule has 2 aromatic heterocycles. The van der Waals surface area contributed by atoms with Gasteiger partial charge in [0.05, 0.1) is 34.8 Å². The zero-order valence-corrected chi connectivity index (χ0v) is 23.3. The van der Waals surface area contributed by atoms with Gasteiger partial charge >= 0.3 is 5.97 Å². The van der Waals surface area contributed by atoms with Crippen molar-refractivity contribution < 1.29 is 28.5 Å². The molecule has 0 radical (unpaired) electrons. The summed E-state index contributed by atoms with van der Waals surface area (Å²) >= 11 is 5.94. The number of imidazole rings is 1. The lowest BCUT2D eigenvalue weighted by atomic mass is 10.1. The van der Waals surface area contributed by atoms with Gasteiger partial charge in [-0.15, -0.1) is 0 Å². The Morgan fingerprint density at radius 3 is 2.71 bits per heavy atom. The van der Waals surface area contributed by atoms with E-state index in [0.29, 0.717) is 29.5 Å². The first-order valence-corrected chi connectivity index (χ1v) is 13.9. The summed E-state index contributed by atoms with van der Waals surface area (Å²) in [6.45, 7) is 2.99. The predicted octanol–water partition coefficient (Wildman–Crippen LogP) is 6.61. The first-order chi connectivity index (χ1) is 20.3. The Kier molecular flexibility index (Phi) is 6.36. The molecule has 0 aliphatic carbocycles. The number of ether oxygens (including phenoxy) is 3. The fourth-order valence-corrected chi connectivity index (χ4v) is 5.61. The molecule has 2 atom stereocenters. The quantitative estimate of drug-likeness (QED) is 0.229. The number of rotatable bonds is 7. The number of carboxylic acids is 1. The number of benzene rings is 3. The van der Waals surface area contributed by atoms with Gasteiger partial charge in [-0.1, -0.05) is 29.8 Å². The third kappa shape index (κ3) is 4.64. The van der Waals surface area contributed by atoms with Gasteiger partial charge in [-0.3, -0.25) is 4.98 Å². The molecule has 1 saturated heterocycles. The second-order valence-electron chi connectivity index (χ2n) is 10.6. The lowest BCUT2D eigenvalue weighted by Crippen LogP contribution is -2.32. The lowest BCUT2D eigenvalue weighted by molar-refractivity contribution is -0.0705. The van der Waals surface area contributed by atoms with Crippen molar-refractivity contribution in [2.75, 3.05) is 6.61 Å². The van der Waals surface area contributed by atoms with Gasteiger partial charge in [0.1, 0.15) is 11.6 Å². The SMILES string of the molecule is C[C@]1(c2ccc(Cl)cc2F)Oc2cccc(-c3ccc(Cc4nc5ccc(C(=O)O)cc5n4C[C@@H]4CCO4)nc3)c2O1. The molecule has 1 fully saturated rings. The molecule has 0 spiro atoms. The van der Waals surface area contributed by atoms with E-state index in [9.17, 15) is 14.3 Å². The van der Waals surface area contributed by atoms with E-state index in [-0.39, 0.29) is 17.2 Å². The van der Waals surface area contributed by atoms with Gasteiger partial charge in [0.25, 0.3) is 5.79 Å². The van der Waals surface area contributed by atoms with Gasteiger partial charge in [-0.25, -0.2) is 14.2 Å². The minimum Gasteiger partial charge on any atom is -0.478 e. The average Bonchev–Trinajstić information content (AvgIpc) is 3.47. The highest BCUT2D eigenvalue weighted by Crippen LogP contribution is 2.49. The van der Waals surface area contributed by atoms with Crippen LogP contribution >= 0.6 is 11.6 Å². The Hall–Kier alpha value is -4.47. The molecule has 0 saturated carbocycles. The van der Waals surface area contributed by atoms with E-state index >= 15 is 0 Å². The molecule has 1 N–H and O–H groups in total. The summed E-state index contributed by atoms with van der Waals surface area (Å²) < 4.78 is 34.8. The molecular formula is C32H25ClFN3O5. The van der Waals surface area contributed by atoms with Gasteiger partial charge in [0.2, 0.25) is 0 Å². The van der Waals surface area contributed by atoms with Gasteiger partial charge in [0, 0.05) is 48.0 Å². The van der Waals surface area contributed by atoms with E-state index in [1.807, 2.05) is 28.8 Å². The van der Waals surface area contributed by atoms with Crippen molar-refractivity contribution in [3.63, 3.8) is 0 Å². The number of hydrogen-bond acceptors (Lipinski definition) is 6. The summed E-state index contributed by atoms with van der Waals surface area (Å²) in [4.78, 5) is 21.1. The molecule has 8 nitrogen and oxygen atoms in total. The van der Waals surface area contributed by atoms with Crippen LogP contribution in [0.3, 0.4) is 0 Å². The molecule has 7 rings (SSSR count). The van der Waals surface area contributed by atoms with Crippen molar-refractivity contribution in [1.29, 1.82) is 0 Å². The maximum Gasteiger partial charge on any atom is 0.335 e. The maximum absolute atomic E-state index is 14.8.